The van der Waals surface area contributed by atoms with E-state index in [0.29, 0.717) is 6.54 Å². The van der Waals surface area contributed by atoms with E-state index in [2.05, 4.69) is 41.1 Å². The molecule has 1 aromatic carbocycles. The monoisotopic (exact) mass is 303 g/mol. The third kappa shape index (κ3) is 5.02. The number of likely N-dealkylation sites (tertiary alicyclic amines) is 1. The Bertz CT molecular complexity index is 446. The number of rotatable bonds is 6. The molecule has 0 atom stereocenters. The van der Waals surface area contributed by atoms with Gasteiger partial charge in [0.1, 0.15) is 0 Å². The number of hydrogen-bond acceptors (Lipinski definition) is 3. The van der Waals surface area contributed by atoms with E-state index in [1.807, 2.05) is 12.1 Å². The van der Waals surface area contributed by atoms with Crippen LogP contribution in [-0.2, 0) is 4.79 Å². The molecule has 1 aromatic rings. The molecule has 1 N–H and O–H groups in total. The second-order valence-corrected chi connectivity index (χ2v) is 5.96. The Hall–Kier alpha value is -1.55. The molecule has 1 heterocycles. The highest BCUT2D eigenvalue weighted by Crippen LogP contribution is 2.18. The van der Waals surface area contributed by atoms with E-state index in [0.717, 1.165) is 31.9 Å². The lowest BCUT2D eigenvalue weighted by Crippen LogP contribution is -2.33. The fourth-order valence-corrected chi connectivity index (χ4v) is 3.04. The lowest BCUT2D eigenvalue weighted by atomic mass is 10.2. The molecule has 22 heavy (non-hydrogen) atoms. The first-order chi connectivity index (χ1) is 10.7. The summed E-state index contributed by atoms with van der Waals surface area (Å²) >= 11 is 0. The summed E-state index contributed by atoms with van der Waals surface area (Å²) in [5, 5.41) is 3.01. The minimum absolute atomic E-state index is 0.0949. The van der Waals surface area contributed by atoms with Gasteiger partial charge in [0, 0.05) is 24.5 Å². The molecular weight excluding hydrogens is 274 g/mol. The largest absolute Gasteiger partial charge is 0.372 e. The molecule has 4 nitrogen and oxygen atoms in total. The highest BCUT2D eigenvalue weighted by Gasteiger charge is 2.13. The van der Waals surface area contributed by atoms with Crippen LogP contribution in [0.5, 0.6) is 0 Å². The van der Waals surface area contributed by atoms with Gasteiger partial charge in [-0.2, -0.15) is 0 Å². The zero-order chi connectivity index (χ0) is 15.8. The normalized spacial score (nSPS) is 16.1. The number of nitrogens with one attached hydrogen (secondary N) is 1. The molecule has 2 rings (SSSR count). The van der Waals surface area contributed by atoms with Gasteiger partial charge in [-0.05, 0) is 64.0 Å². The zero-order valence-electron chi connectivity index (χ0n) is 14.0. The van der Waals surface area contributed by atoms with Gasteiger partial charge in [0.05, 0.1) is 6.54 Å². The lowest BCUT2D eigenvalue weighted by molar-refractivity contribution is -0.117. The van der Waals surface area contributed by atoms with Gasteiger partial charge >= 0.3 is 0 Å². The molecule has 1 fully saturated rings. The van der Waals surface area contributed by atoms with Crippen molar-refractivity contribution in [2.45, 2.75) is 39.5 Å². The minimum atomic E-state index is 0.0949. The highest BCUT2D eigenvalue weighted by atomic mass is 16.2. The van der Waals surface area contributed by atoms with Crippen LogP contribution in [0.1, 0.15) is 39.5 Å². The smallest absolute Gasteiger partial charge is 0.238 e. The van der Waals surface area contributed by atoms with Crippen molar-refractivity contribution in [2.75, 3.05) is 42.9 Å². The van der Waals surface area contributed by atoms with Crippen LogP contribution in [0.3, 0.4) is 0 Å². The van der Waals surface area contributed by atoms with Crippen molar-refractivity contribution in [3.8, 4) is 0 Å². The quantitative estimate of drug-likeness (QED) is 0.875. The van der Waals surface area contributed by atoms with E-state index in [4.69, 9.17) is 0 Å². The molecule has 0 bridgehead atoms. The van der Waals surface area contributed by atoms with Crippen LogP contribution in [0.4, 0.5) is 11.4 Å². The number of anilines is 2. The summed E-state index contributed by atoms with van der Waals surface area (Å²) < 4.78 is 0. The third-order valence-corrected chi connectivity index (χ3v) is 4.35. The predicted octanol–water partition coefficient (Wildman–Crippen LogP) is 3.35. The second-order valence-electron chi connectivity index (χ2n) is 5.96. The predicted molar refractivity (Wildman–Crippen MR) is 93.5 cm³/mol. The second kappa shape index (κ2) is 8.79. The van der Waals surface area contributed by atoms with E-state index < -0.39 is 0 Å². The first-order valence-corrected chi connectivity index (χ1v) is 8.60. The maximum atomic E-state index is 12.2. The Morgan fingerprint density at radius 1 is 1.05 bits per heavy atom. The molecule has 0 saturated carbocycles. The summed E-state index contributed by atoms with van der Waals surface area (Å²) in [6, 6.07) is 8.14. The molecular formula is C18H29N3O. The van der Waals surface area contributed by atoms with Gasteiger partial charge in [0.2, 0.25) is 5.91 Å². The van der Waals surface area contributed by atoms with Gasteiger partial charge in [0.15, 0.2) is 0 Å². The van der Waals surface area contributed by atoms with Crippen molar-refractivity contribution >= 4 is 17.3 Å². The first kappa shape index (κ1) is 16.8. The Morgan fingerprint density at radius 3 is 2.18 bits per heavy atom. The van der Waals surface area contributed by atoms with Crippen LogP contribution < -0.4 is 10.2 Å². The summed E-state index contributed by atoms with van der Waals surface area (Å²) in [7, 11) is 0. The summed E-state index contributed by atoms with van der Waals surface area (Å²) in [5.41, 5.74) is 2.09. The minimum Gasteiger partial charge on any atom is -0.372 e. The van der Waals surface area contributed by atoms with E-state index in [-0.39, 0.29) is 5.91 Å². The Morgan fingerprint density at radius 2 is 1.64 bits per heavy atom. The number of amides is 1. The number of benzene rings is 1. The molecule has 0 aliphatic carbocycles. The van der Waals surface area contributed by atoms with Crippen molar-refractivity contribution < 1.29 is 4.79 Å². The van der Waals surface area contributed by atoms with Gasteiger partial charge in [-0.1, -0.05) is 12.8 Å². The number of carbonyl (C=O) groups is 1. The summed E-state index contributed by atoms with van der Waals surface area (Å²) in [6.45, 7) is 8.91. The van der Waals surface area contributed by atoms with E-state index in [1.165, 1.54) is 31.4 Å². The SMILES string of the molecule is CCN(CC)c1ccc(NC(=O)CN2CCCCCC2)cc1. The van der Waals surface area contributed by atoms with Gasteiger partial charge in [-0.25, -0.2) is 0 Å². The van der Waals surface area contributed by atoms with E-state index in [9.17, 15) is 4.79 Å². The summed E-state index contributed by atoms with van der Waals surface area (Å²) in [5.74, 6) is 0.0949. The van der Waals surface area contributed by atoms with Crippen LogP contribution in [0.2, 0.25) is 0 Å². The molecule has 1 aliphatic heterocycles. The van der Waals surface area contributed by atoms with Gasteiger partial charge < -0.3 is 10.2 Å². The van der Waals surface area contributed by atoms with Crippen molar-refractivity contribution in [3.05, 3.63) is 24.3 Å². The Kier molecular flexibility index (Phi) is 6.72. The van der Waals surface area contributed by atoms with Crippen molar-refractivity contribution in [2.24, 2.45) is 0 Å². The average Bonchev–Trinajstić information content (AvgIpc) is 2.78. The van der Waals surface area contributed by atoms with Crippen molar-refractivity contribution in [1.29, 1.82) is 0 Å². The Labute approximate surface area is 134 Å². The van der Waals surface area contributed by atoms with Crippen LogP contribution in [-0.4, -0.2) is 43.5 Å². The van der Waals surface area contributed by atoms with Crippen LogP contribution in [0.15, 0.2) is 24.3 Å². The number of carbonyl (C=O) groups excluding carboxylic acids is 1. The first-order valence-electron chi connectivity index (χ1n) is 8.60. The average molecular weight is 303 g/mol. The van der Waals surface area contributed by atoms with Crippen molar-refractivity contribution in [3.63, 3.8) is 0 Å². The van der Waals surface area contributed by atoms with Crippen molar-refractivity contribution in [1.82, 2.24) is 4.90 Å². The highest BCUT2D eigenvalue weighted by molar-refractivity contribution is 5.92. The maximum Gasteiger partial charge on any atom is 0.238 e. The number of nitrogens with zero attached hydrogens (tertiary/aromatic N) is 2. The third-order valence-electron chi connectivity index (χ3n) is 4.35. The molecule has 4 heteroatoms. The Balaban J connectivity index is 1.85. The molecule has 1 aliphatic rings. The summed E-state index contributed by atoms with van der Waals surface area (Å²) in [4.78, 5) is 16.7. The molecule has 0 spiro atoms. The molecule has 1 saturated heterocycles. The summed E-state index contributed by atoms with van der Waals surface area (Å²) in [6.07, 6.45) is 5.02. The fraction of sp³-hybridized carbons (Fsp3) is 0.611. The molecule has 0 radical (unpaired) electrons. The van der Waals surface area contributed by atoms with E-state index >= 15 is 0 Å². The topological polar surface area (TPSA) is 35.6 Å². The van der Waals surface area contributed by atoms with E-state index in [1.54, 1.807) is 0 Å². The number of hydrogen-bond donors (Lipinski definition) is 1. The van der Waals surface area contributed by atoms with Crippen LogP contribution in [0.25, 0.3) is 0 Å². The van der Waals surface area contributed by atoms with Gasteiger partial charge in [-0.15, -0.1) is 0 Å². The lowest BCUT2D eigenvalue weighted by Gasteiger charge is -2.21. The van der Waals surface area contributed by atoms with Gasteiger partial charge in [0.25, 0.3) is 0 Å². The van der Waals surface area contributed by atoms with Crippen LogP contribution in [0, 0.1) is 0 Å². The zero-order valence-corrected chi connectivity index (χ0v) is 14.0. The van der Waals surface area contributed by atoms with Gasteiger partial charge in [-0.3, -0.25) is 9.69 Å². The molecule has 1 amide bonds. The molecule has 122 valence electrons. The fourth-order valence-electron chi connectivity index (χ4n) is 3.04. The maximum absolute atomic E-state index is 12.2. The molecule has 0 aromatic heterocycles. The standard InChI is InChI=1S/C18H29N3O/c1-3-21(4-2)17-11-9-16(10-12-17)19-18(22)15-20-13-7-5-6-8-14-20/h9-12H,3-8,13-15H2,1-2H3,(H,19,22). The molecule has 0 unspecified atom stereocenters. The van der Waals surface area contributed by atoms with Crippen LogP contribution >= 0.6 is 0 Å².